The summed E-state index contributed by atoms with van der Waals surface area (Å²) in [7, 11) is 0. The summed E-state index contributed by atoms with van der Waals surface area (Å²) in [5.41, 5.74) is 0.363. The van der Waals surface area contributed by atoms with Gasteiger partial charge in [-0.2, -0.15) is 13.9 Å². The van der Waals surface area contributed by atoms with Gasteiger partial charge in [0.15, 0.2) is 11.3 Å². The second kappa shape index (κ2) is 6.87. The number of fused-ring (bicyclic) bond motifs is 1. The standard InChI is InChI=1S/C22H27ClF2N4O/c1-3-17(21-9-13-5-14(10-21)7-15(6-13)11-21)27-20(30)16-8-19-26-12(2)4-18(22(23,24)25)29(19)28-16/h4,8,13-15,17H,3,5-7,9-11H2,1-2H3,(H,27,30). The molecule has 1 N–H and O–H groups in total. The smallest absolute Gasteiger partial charge is 0.347 e. The molecule has 0 radical (unpaired) electrons. The van der Waals surface area contributed by atoms with E-state index in [9.17, 15) is 13.6 Å². The van der Waals surface area contributed by atoms with Gasteiger partial charge in [-0.3, -0.25) is 4.79 Å². The summed E-state index contributed by atoms with van der Waals surface area (Å²) >= 11 is 5.26. The van der Waals surface area contributed by atoms with Crippen LogP contribution in [0.4, 0.5) is 8.78 Å². The number of carbonyl (C=O) groups excluding carboxylic acids is 1. The lowest BCUT2D eigenvalue weighted by atomic mass is 9.47. The van der Waals surface area contributed by atoms with Gasteiger partial charge in [0.2, 0.25) is 0 Å². The molecule has 1 unspecified atom stereocenters. The number of nitrogens with zero attached hydrogens (tertiary/aromatic N) is 3. The summed E-state index contributed by atoms with van der Waals surface area (Å²) in [4.78, 5) is 17.3. The van der Waals surface area contributed by atoms with E-state index in [0.717, 1.165) is 28.7 Å². The van der Waals surface area contributed by atoms with Crippen molar-refractivity contribution in [3.63, 3.8) is 0 Å². The molecule has 6 rings (SSSR count). The van der Waals surface area contributed by atoms with Gasteiger partial charge in [-0.1, -0.05) is 6.92 Å². The highest BCUT2D eigenvalue weighted by atomic mass is 35.5. The lowest BCUT2D eigenvalue weighted by molar-refractivity contribution is -0.0727. The van der Waals surface area contributed by atoms with Gasteiger partial charge in [-0.05, 0) is 92.7 Å². The Balaban J connectivity index is 1.43. The number of nitrogens with one attached hydrogen (secondary N) is 1. The molecule has 2 aromatic heterocycles. The monoisotopic (exact) mass is 436 g/mol. The number of aryl methyl sites for hydroxylation is 1. The van der Waals surface area contributed by atoms with E-state index in [1.165, 1.54) is 50.7 Å². The fraction of sp³-hybridized carbons (Fsp3) is 0.682. The van der Waals surface area contributed by atoms with Crippen LogP contribution in [0.3, 0.4) is 0 Å². The number of amides is 1. The van der Waals surface area contributed by atoms with E-state index in [1.807, 2.05) is 0 Å². The molecule has 4 aliphatic carbocycles. The summed E-state index contributed by atoms with van der Waals surface area (Å²) in [5, 5.41) is 3.74. The van der Waals surface area contributed by atoms with Crippen molar-refractivity contribution < 1.29 is 13.6 Å². The topological polar surface area (TPSA) is 59.3 Å². The summed E-state index contributed by atoms with van der Waals surface area (Å²) in [6.45, 7) is 3.73. The van der Waals surface area contributed by atoms with Crippen molar-refractivity contribution in [3.05, 3.63) is 29.2 Å². The molecule has 0 aromatic carbocycles. The zero-order valence-electron chi connectivity index (χ0n) is 17.3. The highest BCUT2D eigenvalue weighted by molar-refractivity contribution is 6.21. The Morgan fingerprint density at radius 2 is 1.87 bits per heavy atom. The molecule has 2 heterocycles. The highest BCUT2D eigenvalue weighted by Crippen LogP contribution is 2.61. The summed E-state index contributed by atoms with van der Waals surface area (Å²) in [5.74, 6) is 2.04. The first-order valence-electron chi connectivity index (χ1n) is 10.9. The van der Waals surface area contributed by atoms with Crippen LogP contribution < -0.4 is 5.32 Å². The Hall–Kier alpha value is -1.76. The minimum Gasteiger partial charge on any atom is -0.347 e. The molecular weight excluding hydrogens is 410 g/mol. The quantitative estimate of drug-likeness (QED) is 0.667. The molecule has 4 fully saturated rings. The molecule has 0 saturated heterocycles. The lowest BCUT2D eigenvalue weighted by Gasteiger charge is -2.59. The fourth-order valence-corrected chi connectivity index (χ4v) is 7.07. The maximum absolute atomic E-state index is 13.8. The molecule has 30 heavy (non-hydrogen) atoms. The number of rotatable bonds is 5. The van der Waals surface area contributed by atoms with Crippen molar-refractivity contribution in [1.82, 2.24) is 19.9 Å². The second-order valence-corrected chi connectivity index (χ2v) is 10.3. The normalized spacial score (nSPS) is 31.3. The maximum atomic E-state index is 13.8. The molecule has 4 bridgehead atoms. The van der Waals surface area contributed by atoms with Gasteiger partial charge in [0.25, 0.3) is 5.91 Å². The Bertz CT molecular complexity index is 964. The van der Waals surface area contributed by atoms with Crippen LogP contribution in [0.1, 0.15) is 73.7 Å². The van der Waals surface area contributed by atoms with Crippen LogP contribution in [0.2, 0.25) is 0 Å². The molecule has 2 aromatic rings. The minimum absolute atomic E-state index is 0.0758. The van der Waals surface area contributed by atoms with Crippen molar-refractivity contribution in [2.24, 2.45) is 23.2 Å². The van der Waals surface area contributed by atoms with Gasteiger partial charge in [0.1, 0.15) is 5.69 Å². The Labute approximate surface area is 179 Å². The molecule has 5 nitrogen and oxygen atoms in total. The van der Waals surface area contributed by atoms with Gasteiger partial charge in [0.05, 0.1) is 0 Å². The van der Waals surface area contributed by atoms with E-state index in [0.29, 0.717) is 5.69 Å². The predicted octanol–water partition coefficient (Wildman–Crippen LogP) is 5.05. The number of hydrogen-bond donors (Lipinski definition) is 1. The van der Waals surface area contributed by atoms with Crippen molar-refractivity contribution in [3.8, 4) is 0 Å². The predicted molar refractivity (Wildman–Crippen MR) is 110 cm³/mol. The van der Waals surface area contributed by atoms with E-state index < -0.39 is 11.1 Å². The first-order chi connectivity index (χ1) is 14.2. The third kappa shape index (κ3) is 3.29. The van der Waals surface area contributed by atoms with Gasteiger partial charge >= 0.3 is 5.38 Å². The average molecular weight is 437 g/mol. The summed E-state index contributed by atoms with van der Waals surface area (Å²) in [6, 6.07) is 2.73. The van der Waals surface area contributed by atoms with E-state index in [2.05, 4.69) is 22.3 Å². The lowest BCUT2D eigenvalue weighted by Crippen LogP contribution is -2.56. The molecule has 4 saturated carbocycles. The molecule has 1 amide bonds. The highest BCUT2D eigenvalue weighted by Gasteiger charge is 2.54. The van der Waals surface area contributed by atoms with E-state index >= 15 is 0 Å². The first kappa shape index (κ1) is 20.2. The molecule has 4 aliphatic rings. The zero-order chi connectivity index (χ0) is 21.3. The second-order valence-electron chi connectivity index (χ2n) is 9.79. The van der Waals surface area contributed by atoms with Crippen LogP contribution in [-0.4, -0.2) is 26.5 Å². The molecule has 8 heteroatoms. The van der Waals surface area contributed by atoms with Crippen molar-refractivity contribution in [2.45, 2.75) is 70.2 Å². The zero-order valence-corrected chi connectivity index (χ0v) is 18.1. The minimum atomic E-state index is -3.60. The van der Waals surface area contributed by atoms with Crippen LogP contribution in [0, 0.1) is 30.1 Å². The van der Waals surface area contributed by atoms with Crippen molar-refractivity contribution in [1.29, 1.82) is 0 Å². The van der Waals surface area contributed by atoms with Gasteiger partial charge in [-0.25, -0.2) is 9.50 Å². The molecular formula is C22H27ClF2N4O. The molecule has 1 atom stereocenters. The largest absolute Gasteiger partial charge is 0.364 e. The molecule has 162 valence electrons. The van der Waals surface area contributed by atoms with Crippen LogP contribution in [0.15, 0.2) is 12.1 Å². The number of halogens is 3. The Morgan fingerprint density at radius 3 is 2.40 bits per heavy atom. The number of hydrogen-bond acceptors (Lipinski definition) is 3. The summed E-state index contributed by atoms with van der Waals surface area (Å²) in [6.07, 6.45) is 8.45. The van der Waals surface area contributed by atoms with Crippen LogP contribution in [0.5, 0.6) is 0 Å². The number of alkyl halides is 3. The third-order valence-electron chi connectivity index (χ3n) is 7.62. The van der Waals surface area contributed by atoms with Gasteiger partial charge in [0, 0.05) is 17.8 Å². The van der Waals surface area contributed by atoms with Gasteiger partial charge < -0.3 is 5.32 Å². The number of aromatic nitrogens is 3. The van der Waals surface area contributed by atoms with Crippen molar-refractivity contribution in [2.75, 3.05) is 0 Å². The fourth-order valence-electron chi connectivity index (χ4n) is 6.94. The van der Waals surface area contributed by atoms with Crippen LogP contribution >= 0.6 is 11.6 Å². The van der Waals surface area contributed by atoms with Crippen molar-refractivity contribution >= 4 is 23.2 Å². The maximum Gasteiger partial charge on any atom is 0.364 e. The Morgan fingerprint density at radius 1 is 1.27 bits per heavy atom. The average Bonchev–Trinajstić information content (AvgIpc) is 3.07. The summed E-state index contributed by atoms with van der Waals surface area (Å²) < 4.78 is 28.7. The molecule has 0 aliphatic heterocycles. The van der Waals surface area contributed by atoms with Gasteiger partial charge in [-0.15, -0.1) is 0 Å². The number of carbonyl (C=O) groups is 1. The van der Waals surface area contributed by atoms with E-state index in [-0.39, 0.29) is 28.7 Å². The first-order valence-corrected chi connectivity index (χ1v) is 11.3. The van der Waals surface area contributed by atoms with Crippen LogP contribution in [-0.2, 0) is 5.38 Å². The van der Waals surface area contributed by atoms with E-state index in [4.69, 9.17) is 11.6 Å². The molecule has 0 spiro atoms. The van der Waals surface area contributed by atoms with Crippen LogP contribution in [0.25, 0.3) is 5.65 Å². The SMILES string of the molecule is CCC(NC(=O)c1cc2nc(C)cc(C(F)(F)Cl)n2n1)C12CC3CC(CC(C3)C1)C2. The third-order valence-corrected chi connectivity index (χ3v) is 7.81. The Kier molecular flexibility index (Phi) is 4.62. The van der Waals surface area contributed by atoms with E-state index in [1.54, 1.807) is 6.92 Å².